The number of pyridine rings is 1. The number of hydrogen-bond donors (Lipinski definition) is 2. The number of nitrogens with zero attached hydrogens (tertiary/aromatic N) is 1. The molecular weight excluding hydrogens is 290 g/mol. The second-order valence-electron chi connectivity index (χ2n) is 4.93. The first-order chi connectivity index (χ1) is 9.87. The predicted molar refractivity (Wildman–Crippen MR) is 81.7 cm³/mol. The molecule has 1 aromatic heterocycles. The third-order valence-electron chi connectivity index (χ3n) is 2.77. The monoisotopic (exact) mass is 307 g/mol. The lowest BCUT2D eigenvalue weighted by molar-refractivity contribution is 0.402. The summed E-state index contributed by atoms with van der Waals surface area (Å²) in [5, 5.41) is 0. The lowest BCUT2D eigenvalue weighted by Gasteiger charge is -2.11. The summed E-state index contributed by atoms with van der Waals surface area (Å²) in [6.45, 7) is 0.785. The Bertz CT molecular complexity index is 744. The molecule has 0 unspecified atom stereocenters. The van der Waals surface area contributed by atoms with Gasteiger partial charge in [0.2, 0.25) is 5.56 Å². The molecule has 0 saturated carbocycles. The number of anilines is 1. The van der Waals surface area contributed by atoms with Crippen molar-refractivity contribution in [3.8, 4) is 0 Å². The van der Waals surface area contributed by atoms with Crippen LogP contribution in [0.2, 0.25) is 0 Å². The topological polar surface area (TPSA) is 82.3 Å². The first-order valence-electron chi connectivity index (χ1n) is 6.32. The molecule has 1 heterocycles. The number of hydrogen-bond acceptors (Lipinski definition) is 4. The third-order valence-corrected chi connectivity index (χ3v) is 4.15. The number of aromatic nitrogens is 1. The highest BCUT2D eigenvalue weighted by molar-refractivity contribution is 7.92. The van der Waals surface area contributed by atoms with Gasteiger partial charge in [0.05, 0.1) is 0 Å². The summed E-state index contributed by atoms with van der Waals surface area (Å²) in [4.78, 5) is 15.3. The Kier molecular flexibility index (Phi) is 4.44. The van der Waals surface area contributed by atoms with E-state index in [1.165, 1.54) is 18.3 Å². The van der Waals surface area contributed by atoms with Crippen molar-refractivity contribution in [2.45, 2.75) is 11.4 Å². The minimum atomic E-state index is -3.70. The molecule has 1 aromatic carbocycles. The van der Waals surface area contributed by atoms with Crippen LogP contribution >= 0.6 is 0 Å². The minimum absolute atomic E-state index is 0.0134. The third kappa shape index (κ3) is 4.17. The lowest BCUT2D eigenvalue weighted by Crippen LogP contribution is -2.15. The maximum atomic E-state index is 12.1. The summed E-state index contributed by atoms with van der Waals surface area (Å²) in [6.07, 6.45) is 1.17. The summed E-state index contributed by atoms with van der Waals surface area (Å²) >= 11 is 0. The van der Waals surface area contributed by atoms with E-state index in [9.17, 15) is 13.2 Å². The van der Waals surface area contributed by atoms with Crippen LogP contribution in [-0.2, 0) is 16.6 Å². The Balaban J connectivity index is 2.17. The van der Waals surface area contributed by atoms with E-state index in [4.69, 9.17) is 0 Å². The molecule has 0 saturated heterocycles. The quantitative estimate of drug-likeness (QED) is 0.870. The molecule has 6 nitrogen and oxygen atoms in total. The first kappa shape index (κ1) is 15.3. The van der Waals surface area contributed by atoms with Gasteiger partial charge in [0, 0.05) is 24.5 Å². The summed E-state index contributed by atoms with van der Waals surface area (Å²) in [5.74, 6) is 0. The second kappa shape index (κ2) is 6.11. The predicted octanol–water partition coefficient (Wildman–Crippen LogP) is 1.24. The fourth-order valence-electron chi connectivity index (χ4n) is 1.82. The Hall–Kier alpha value is -2.12. The van der Waals surface area contributed by atoms with E-state index in [1.807, 2.05) is 31.1 Å². The molecule has 0 spiro atoms. The Morgan fingerprint density at radius 1 is 1.10 bits per heavy atom. The van der Waals surface area contributed by atoms with Crippen LogP contribution in [0, 0.1) is 0 Å². The van der Waals surface area contributed by atoms with Crippen molar-refractivity contribution < 1.29 is 8.42 Å². The summed E-state index contributed by atoms with van der Waals surface area (Å²) in [7, 11) is 0.234. The highest BCUT2D eigenvalue weighted by atomic mass is 32.2. The molecule has 2 aromatic rings. The number of sulfonamides is 1. The van der Waals surface area contributed by atoms with Gasteiger partial charge in [-0.05, 0) is 37.9 Å². The molecule has 2 N–H and O–H groups in total. The van der Waals surface area contributed by atoms with Gasteiger partial charge >= 0.3 is 0 Å². The molecule has 0 amide bonds. The van der Waals surface area contributed by atoms with Crippen molar-refractivity contribution in [2.75, 3.05) is 18.8 Å². The first-order valence-corrected chi connectivity index (χ1v) is 7.80. The number of benzene rings is 1. The second-order valence-corrected chi connectivity index (χ2v) is 6.61. The molecule has 0 aliphatic heterocycles. The number of nitrogens with one attached hydrogen (secondary N) is 2. The molecule has 0 radical (unpaired) electrons. The van der Waals surface area contributed by atoms with Crippen LogP contribution in [0.5, 0.6) is 0 Å². The van der Waals surface area contributed by atoms with Gasteiger partial charge in [0.25, 0.3) is 10.0 Å². The molecule has 0 aliphatic carbocycles. The zero-order valence-electron chi connectivity index (χ0n) is 11.8. The highest BCUT2D eigenvalue weighted by Crippen LogP contribution is 2.15. The largest absolute Gasteiger partial charge is 0.328 e. The molecule has 0 aliphatic rings. The molecule has 0 fully saturated rings. The fraction of sp³-hybridized carbons (Fsp3) is 0.214. The molecule has 21 heavy (non-hydrogen) atoms. The maximum absolute atomic E-state index is 12.1. The molecule has 0 atom stereocenters. The Morgan fingerprint density at radius 2 is 1.76 bits per heavy atom. The smallest absolute Gasteiger partial charge is 0.263 e. The molecule has 7 heteroatoms. The van der Waals surface area contributed by atoms with Gasteiger partial charge in [0.1, 0.15) is 4.90 Å². The van der Waals surface area contributed by atoms with Crippen molar-refractivity contribution in [1.82, 2.24) is 9.88 Å². The average Bonchev–Trinajstić information content (AvgIpc) is 2.40. The van der Waals surface area contributed by atoms with Gasteiger partial charge in [-0.15, -0.1) is 0 Å². The van der Waals surface area contributed by atoms with Crippen LogP contribution in [0.3, 0.4) is 0 Å². The van der Waals surface area contributed by atoms with E-state index < -0.39 is 10.0 Å². The standard InChI is InChI=1S/C14H17N3O3S/c1-17(2)10-11-3-5-12(6-4-11)16-21(19,20)13-7-8-14(18)15-9-13/h3-9,16H,10H2,1-2H3,(H,15,18). The van der Waals surface area contributed by atoms with Crippen LogP contribution in [0.1, 0.15) is 5.56 Å². The van der Waals surface area contributed by atoms with E-state index in [0.717, 1.165) is 12.1 Å². The highest BCUT2D eigenvalue weighted by Gasteiger charge is 2.14. The Labute approximate surface area is 123 Å². The van der Waals surface area contributed by atoms with Gasteiger partial charge < -0.3 is 9.88 Å². The minimum Gasteiger partial charge on any atom is -0.328 e. The van der Waals surface area contributed by atoms with Crippen LogP contribution in [0.25, 0.3) is 0 Å². The lowest BCUT2D eigenvalue weighted by atomic mass is 10.2. The SMILES string of the molecule is CN(C)Cc1ccc(NS(=O)(=O)c2ccc(=O)[nH]c2)cc1. The van der Waals surface area contributed by atoms with Gasteiger partial charge in [-0.2, -0.15) is 0 Å². The molecule has 2 rings (SSSR count). The van der Waals surface area contributed by atoms with E-state index in [1.54, 1.807) is 12.1 Å². The van der Waals surface area contributed by atoms with Crippen molar-refractivity contribution in [2.24, 2.45) is 0 Å². The van der Waals surface area contributed by atoms with Crippen molar-refractivity contribution >= 4 is 15.7 Å². The van der Waals surface area contributed by atoms with Crippen molar-refractivity contribution in [3.05, 3.63) is 58.5 Å². The number of aromatic amines is 1. The normalized spacial score (nSPS) is 11.6. The van der Waals surface area contributed by atoms with Gasteiger partial charge in [-0.25, -0.2) is 8.42 Å². The Morgan fingerprint density at radius 3 is 2.29 bits per heavy atom. The zero-order chi connectivity index (χ0) is 15.5. The summed E-state index contributed by atoms with van der Waals surface area (Å²) in [5.41, 5.74) is 1.22. The number of H-pyrrole nitrogens is 1. The van der Waals surface area contributed by atoms with E-state index in [-0.39, 0.29) is 10.5 Å². The fourth-order valence-corrected chi connectivity index (χ4v) is 2.85. The molecule has 0 bridgehead atoms. The molecule has 112 valence electrons. The van der Waals surface area contributed by atoms with Crippen LogP contribution in [-0.4, -0.2) is 32.4 Å². The summed E-state index contributed by atoms with van der Waals surface area (Å²) < 4.78 is 26.7. The average molecular weight is 307 g/mol. The maximum Gasteiger partial charge on any atom is 0.263 e. The van der Waals surface area contributed by atoms with E-state index in [2.05, 4.69) is 9.71 Å². The summed E-state index contributed by atoms with van der Waals surface area (Å²) in [6, 6.07) is 9.59. The van der Waals surface area contributed by atoms with Crippen molar-refractivity contribution in [1.29, 1.82) is 0 Å². The molecular formula is C14H17N3O3S. The van der Waals surface area contributed by atoms with E-state index >= 15 is 0 Å². The van der Waals surface area contributed by atoms with Crippen LogP contribution in [0.4, 0.5) is 5.69 Å². The zero-order valence-corrected chi connectivity index (χ0v) is 12.6. The van der Waals surface area contributed by atoms with Gasteiger partial charge in [-0.3, -0.25) is 9.52 Å². The van der Waals surface area contributed by atoms with Crippen LogP contribution in [0.15, 0.2) is 52.3 Å². The van der Waals surface area contributed by atoms with Crippen molar-refractivity contribution in [3.63, 3.8) is 0 Å². The van der Waals surface area contributed by atoms with Crippen LogP contribution < -0.4 is 10.3 Å². The van der Waals surface area contributed by atoms with Gasteiger partial charge in [0.15, 0.2) is 0 Å². The van der Waals surface area contributed by atoms with E-state index in [0.29, 0.717) is 5.69 Å². The van der Waals surface area contributed by atoms with Gasteiger partial charge in [-0.1, -0.05) is 12.1 Å². The number of rotatable bonds is 5.